The number of carbonyl (C=O) groups excluding carboxylic acids is 2. The maximum absolute atomic E-state index is 13.0. The lowest BCUT2D eigenvalue weighted by Gasteiger charge is -2.30. The average molecular weight is 348 g/mol. The number of aryl methyl sites for hydroxylation is 2. The molecule has 0 bridgehead atoms. The number of fused-ring (bicyclic) bond motifs is 1. The van der Waals surface area contributed by atoms with E-state index in [4.69, 9.17) is 0 Å². The zero-order valence-corrected chi connectivity index (χ0v) is 15.4. The molecular weight excluding hydrogens is 324 g/mol. The van der Waals surface area contributed by atoms with Crippen LogP contribution in [0.25, 0.3) is 0 Å². The van der Waals surface area contributed by atoms with Crippen molar-refractivity contribution in [2.75, 3.05) is 18.0 Å². The number of nitrogens with zero attached hydrogens (tertiary/aromatic N) is 2. The van der Waals surface area contributed by atoms with E-state index >= 15 is 0 Å². The molecule has 2 aromatic carbocycles. The largest absolute Gasteiger partial charge is 0.338 e. The Bertz CT molecular complexity index is 874. The molecule has 4 nitrogen and oxygen atoms in total. The number of amides is 2. The molecule has 2 aliphatic rings. The summed E-state index contributed by atoms with van der Waals surface area (Å²) >= 11 is 0. The van der Waals surface area contributed by atoms with Crippen LogP contribution in [0.3, 0.4) is 0 Å². The molecule has 0 unspecified atom stereocenters. The molecule has 1 saturated heterocycles. The number of carbonyl (C=O) groups is 2. The number of benzene rings is 2. The minimum absolute atomic E-state index is 0.0488. The maximum atomic E-state index is 13.0. The first-order valence-electron chi connectivity index (χ1n) is 9.26. The number of hydrogen-bond donors (Lipinski definition) is 0. The Balaban J connectivity index is 1.49. The van der Waals surface area contributed by atoms with E-state index in [1.807, 2.05) is 43.0 Å². The Morgan fingerprint density at radius 1 is 1.08 bits per heavy atom. The summed E-state index contributed by atoms with van der Waals surface area (Å²) in [5, 5.41) is 0. The second kappa shape index (κ2) is 6.60. The molecule has 0 N–H and O–H groups in total. The molecule has 1 atom stereocenters. The average Bonchev–Trinajstić information content (AvgIpc) is 3.02. The van der Waals surface area contributed by atoms with Gasteiger partial charge in [-0.2, -0.15) is 0 Å². The first kappa shape index (κ1) is 16.8. The SMILES string of the molecule is Cc1ccc(N2C[C@H](C(=O)N3CCc4ccccc4C3)CC2=O)c(C)c1. The van der Waals surface area contributed by atoms with Gasteiger partial charge in [0.2, 0.25) is 11.8 Å². The number of anilines is 1. The van der Waals surface area contributed by atoms with Gasteiger partial charge in [0.05, 0.1) is 5.92 Å². The molecule has 4 heteroatoms. The van der Waals surface area contributed by atoms with E-state index in [0.717, 1.165) is 24.2 Å². The van der Waals surface area contributed by atoms with Crippen LogP contribution in [-0.4, -0.2) is 29.8 Å². The van der Waals surface area contributed by atoms with Crippen molar-refractivity contribution in [3.05, 3.63) is 64.7 Å². The minimum atomic E-state index is -0.242. The smallest absolute Gasteiger partial charge is 0.228 e. The quantitative estimate of drug-likeness (QED) is 0.836. The third-order valence-electron chi connectivity index (χ3n) is 5.56. The fourth-order valence-corrected chi connectivity index (χ4v) is 4.16. The maximum Gasteiger partial charge on any atom is 0.228 e. The summed E-state index contributed by atoms with van der Waals surface area (Å²) < 4.78 is 0. The molecule has 1 fully saturated rings. The van der Waals surface area contributed by atoms with E-state index in [1.54, 1.807) is 4.90 Å². The fourth-order valence-electron chi connectivity index (χ4n) is 4.16. The minimum Gasteiger partial charge on any atom is -0.338 e. The molecular formula is C22H24N2O2. The van der Waals surface area contributed by atoms with Crippen molar-refractivity contribution >= 4 is 17.5 Å². The molecule has 2 aliphatic heterocycles. The van der Waals surface area contributed by atoms with Gasteiger partial charge in [0.1, 0.15) is 0 Å². The Morgan fingerprint density at radius 3 is 2.62 bits per heavy atom. The number of rotatable bonds is 2. The molecule has 0 radical (unpaired) electrons. The highest BCUT2D eigenvalue weighted by molar-refractivity contribution is 6.00. The number of hydrogen-bond acceptors (Lipinski definition) is 2. The fraction of sp³-hybridized carbons (Fsp3) is 0.364. The van der Waals surface area contributed by atoms with Crippen LogP contribution in [0.4, 0.5) is 5.69 Å². The van der Waals surface area contributed by atoms with E-state index in [9.17, 15) is 9.59 Å². The van der Waals surface area contributed by atoms with Gasteiger partial charge in [0.25, 0.3) is 0 Å². The monoisotopic (exact) mass is 348 g/mol. The lowest BCUT2D eigenvalue weighted by atomic mass is 9.98. The van der Waals surface area contributed by atoms with E-state index in [1.165, 1.54) is 16.7 Å². The molecule has 2 amide bonds. The Hall–Kier alpha value is -2.62. The molecule has 2 heterocycles. The first-order valence-corrected chi connectivity index (χ1v) is 9.26. The lowest BCUT2D eigenvalue weighted by Crippen LogP contribution is -2.40. The van der Waals surface area contributed by atoms with Gasteiger partial charge in [-0.3, -0.25) is 9.59 Å². The van der Waals surface area contributed by atoms with Gasteiger partial charge in [-0.05, 0) is 43.0 Å². The van der Waals surface area contributed by atoms with Gasteiger partial charge in [-0.1, -0.05) is 42.0 Å². The standard InChI is InChI=1S/C22H24N2O2/c1-15-7-8-20(16(2)11-15)24-14-19(12-21(24)25)22(26)23-10-9-17-5-3-4-6-18(17)13-23/h3-8,11,19H,9-10,12-14H2,1-2H3/t19-/m1/s1. The lowest BCUT2D eigenvalue weighted by molar-refractivity contribution is -0.136. The van der Waals surface area contributed by atoms with Gasteiger partial charge in [0.15, 0.2) is 0 Å². The van der Waals surface area contributed by atoms with Crippen molar-refractivity contribution < 1.29 is 9.59 Å². The summed E-state index contributed by atoms with van der Waals surface area (Å²) in [7, 11) is 0. The molecule has 0 aromatic heterocycles. The highest BCUT2D eigenvalue weighted by Crippen LogP contribution is 2.30. The van der Waals surface area contributed by atoms with Crippen LogP contribution in [0.15, 0.2) is 42.5 Å². The molecule has 0 aliphatic carbocycles. The van der Waals surface area contributed by atoms with Gasteiger partial charge in [-0.25, -0.2) is 0 Å². The molecule has 4 rings (SSSR count). The zero-order chi connectivity index (χ0) is 18.3. The Morgan fingerprint density at radius 2 is 1.85 bits per heavy atom. The Kier molecular flexibility index (Phi) is 4.27. The summed E-state index contributed by atoms with van der Waals surface area (Å²) in [4.78, 5) is 29.3. The van der Waals surface area contributed by atoms with E-state index in [0.29, 0.717) is 19.5 Å². The van der Waals surface area contributed by atoms with Crippen LogP contribution >= 0.6 is 0 Å². The van der Waals surface area contributed by atoms with Crippen molar-refractivity contribution in [2.24, 2.45) is 5.92 Å². The summed E-state index contributed by atoms with van der Waals surface area (Å²) in [5.74, 6) is -0.0821. The van der Waals surface area contributed by atoms with Crippen molar-refractivity contribution in [2.45, 2.75) is 33.2 Å². The predicted octanol–water partition coefficient (Wildman–Crippen LogP) is 3.24. The van der Waals surface area contributed by atoms with Crippen LogP contribution in [0.2, 0.25) is 0 Å². The summed E-state index contributed by atoms with van der Waals surface area (Å²) in [6.45, 7) is 5.95. The summed E-state index contributed by atoms with van der Waals surface area (Å²) in [6.07, 6.45) is 1.20. The normalized spacial score (nSPS) is 19.6. The van der Waals surface area contributed by atoms with Crippen LogP contribution in [-0.2, 0) is 22.6 Å². The third-order valence-corrected chi connectivity index (χ3v) is 5.56. The van der Waals surface area contributed by atoms with Crippen molar-refractivity contribution in [3.8, 4) is 0 Å². The molecule has 2 aromatic rings. The first-order chi connectivity index (χ1) is 12.5. The van der Waals surface area contributed by atoms with Gasteiger partial charge >= 0.3 is 0 Å². The highest BCUT2D eigenvalue weighted by atomic mass is 16.2. The van der Waals surface area contributed by atoms with Gasteiger partial charge in [-0.15, -0.1) is 0 Å². The third kappa shape index (κ3) is 3.00. The van der Waals surface area contributed by atoms with Crippen molar-refractivity contribution in [1.29, 1.82) is 0 Å². The zero-order valence-electron chi connectivity index (χ0n) is 15.4. The molecule has 26 heavy (non-hydrogen) atoms. The Labute approximate surface area is 154 Å². The summed E-state index contributed by atoms with van der Waals surface area (Å²) in [5.41, 5.74) is 5.74. The van der Waals surface area contributed by atoms with Crippen LogP contribution < -0.4 is 4.90 Å². The molecule has 134 valence electrons. The molecule has 0 spiro atoms. The highest BCUT2D eigenvalue weighted by Gasteiger charge is 2.38. The van der Waals surface area contributed by atoms with Crippen LogP contribution in [0.5, 0.6) is 0 Å². The van der Waals surface area contributed by atoms with Crippen molar-refractivity contribution in [3.63, 3.8) is 0 Å². The molecule has 0 saturated carbocycles. The second-order valence-corrected chi connectivity index (χ2v) is 7.47. The van der Waals surface area contributed by atoms with E-state index in [2.05, 4.69) is 18.2 Å². The van der Waals surface area contributed by atoms with Gasteiger partial charge < -0.3 is 9.80 Å². The van der Waals surface area contributed by atoms with Crippen LogP contribution in [0, 0.1) is 19.8 Å². The second-order valence-electron chi connectivity index (χ2n) is 7.47. The summed E-state index contributed by atoms with van der Waals surface area (Å²) in [6, 6.07) is 14.4. The van der Waals surface area contributed by atoms with Crippen LogP contribution in [0.1, 0.15) is 28.7 Å². The van der Waals surface area contributed by atoms with Gasteiger partial charge in [0, 0.05) is 31.7 Å². The topological polar surface area (TPSA) is 40.6 Å². The predicted molar refractivity (Wildman–Crippen MR) is 102 cm³/mol. The van der Waals surface area contributed by atoms with E-state index in [-0.39, 0.29) is 17.7 Å². The van der Waals surface area contributed by atoms with Crippen molar-refractivity contribution in [1.82, 2.24) is 4.90 Å². The van der Waals surface area contributed by atoms with E-state index < -0.39 is 0 Å².